The molecule has 1 aromatic heterocycles. The number of hydrogen-bond acceptors (Lipinski definition) is 4. The van der Waals surface area contributed by atoms with Crippen molar-refractivity contribution in [3.8, 4) is 5.88 Å². The number of halogens is 4. The van der Waals surface area contributed by atoms with Crippen LogP contribution in [0.1, 0.15) is 15.9 Å². The van der Waals surface area contributed by atoms with E-state index in [4.69, 9.17) is 11.6 Å². The van der Waals surface area contributed by atoms with Gasteiger partial charge in [0.1, 0.15) is 0 Å². The Kier molecular flexibility index (Phi) is 8.08. The zero-order valence-corrected chi connectivity index (χ0v) is 15.8. The van der Waals surface area contributed by atoms with Crippen LogP contribution >= 0.6 is 11.6 Å². The number of carbonyl (C=O) groups is 2. The third-order valence-corrected chi connectivity index (χ3v) is 3.81. The SMILES string of the molecule is O=C(NCCNC(=O)c1ccccc1Cl)NCc1cccnc1OCC(F)(F)F. The third kappa shape index (κ3) is 7.86. The standard InChI is InChI=1S/C18H18ClF3N4O3/c19-14-6-2-1-5-13(14)15(27)23-8-9-25-17(28)26-10-12-4-3-7-24-16(12)29-11-18(20,21)22/h1-7H,8-11H2,(H,23,27)(H2,25,26,28). The predicted octanol–water partition coefficient (Wildman–Crippen LogP) is 2.91. The topological polar surface area (TPSA) is 92.4 Å². The van der Waals surface area contributed by atoms with Crippen LogP contribution in [0.2, 0.25) is 5.02 Å². The van der Waals surface area contributed by atoms with Crippen LogP contribution in [-0.4, -0.2) is 42.8 Å². The number of nitrogens with one attached hydrogen (secondary N) is 3. The maximum absolute atomic E-state index is 12.3. The van der Waals surface area contributed by atoms with Gasteiger partial charge in [-0.3, -0.25) is 4.79 Å². The van der Waals surface area contributed by atoms with Gasteiger partial charge < -0.3 is 20.7 Å². The molecule has 1 heterocycles. The first-order chi connectivity index (χ1) is 13.8. The van der Waals surface area contributed by atoms with E-state index in [9.17, 15) is 22.8 Å². The smallest absolute Gasteiger partial charge is 0.422 e. The summed E-state index contributed by atoms with van der Waals surface area (Å²) in [6, 6.07) is 8.98. The molecule has 3 amide bonds. The molecule has 1 aromatic carbocycles. The summed E-state index contributed by atoms with van der Waals surface area (Å²) in [5, 5.41) is 7.91. The Balaban J connectivity index is 1.72. The minimum absolute atomic E-state index is 0.0845. The Labute approximate surface area is 169 Å². The summed E-state index contributed by atoms with van der Waals surface area (Å²) in [6.45, 7) is -1.27. The van der Waals surface area contributed by atoms with Crippen molar-refractivity contribution in [1.29, 1.82) is 0 Å². The fourth-order valence-corrected chi connectivity index (χ4v) is 2.39. The average molecular weight is 431 g/mol. The summed E-state index contributed by atoms with van der Waals surface area (Å²) in [7, 11) is 0. The van der Waals surface area contributed by atoms with E-state index in [-0.39, 0.29) is 31.4 Å². The zero-order valence-electron chi connectivity index (χ0n) is 15.1. The minimum atomic E-state index is -4.49. The van der Waals surface area contributed by atoms with Gasteiger partial charge in [0, 0.05) is 31.4 Å². The van der Waals surface area contributed by atoms with Crippen molar-refractivity contribution in [2.75, 3.05) is 19.7 Å². The highest BCUT2D eigenvalue weighted by atomic mass is 35.5. The van der Waals surface area contributed by atoms with Crippen molar-refractivity contribution in [3.63, 3.8) is 0 Å². The van der Waals surface area contributed by atoms with Crippen molar-refractivity contribution in [1.82, 2.24) is 20.9 Å². The summed E-state index contributed by atoms with van der Waals surface area (Å²) in [4.78, 5) is 27.5. The molecule has 0 atom stereocenters. The van der Waals surface area contributed by atoms with Crippen LogP contribution in [0.15, 0.2) is 42.6 Å². The number of aromatic nitrogens is 1. The van der Waals surface area contributed by atoms with E-state index in [1.807, 2.05) is 0 Å². The first-order valence-electron chi connectivity index (χ1n) is 8.44. The first-order valence-corrected chi connectivity index (χ1v) is 8.82. The van der Waals surface area contributed by atoms with E-state index in [1.54, 1.807) is 24.3 Å². The normalized spacial score (nSPS) is 10.9. The lowest BCUT2D eigenvalue weighted by Crippen LogP contribution is -2.40. The Morgan fingerprint density at radius 2 is 1.76 bits per heavy atom. The Bertz CT molecular complexity index is 849. The monoisotopic (exact) mass is 430 g/mol. The molecule has 11 heteroatoms. The zero-order chi connectivity index (χ0) is 21.3. The van der Waals surface area contributed by atoms with E-state index in [0.29, 0.717) is 16.1 Å². The van der Waals surface area contributed by atoms with Gasteiger partial charge >= 0.3 is 12.2 Å². The van der Waals surface area contributed by atoms with E-state index >= 15 is 0 Å². The Morgan fingerprint density at radius 1 is 1.03 bits per heavy atom. The molecule has 0 fully saturated rings. The maximum Gasteiger partial charge on any atom is 0.422 e. The average Bonchev–Trinajstić information content (AvgIpc) is 2.68. The van der Waals surface area contributed by atoms with E-state index in [2.05, 4.69) is 25.7 Å². The molecular formula is C18H18ClF3N4O3. The molecule has 0 aliphatic carbocycles. The highest BCUT2D eigenvalue weighted by molar-refractivity contribution is 6.33. The lowest BCUT2D eigenvalue weighted by molar-refractivity contribution is -0.154. The molecule has 0 saturated carbocycles. The summed E-state index contributed by atoms with van der Waals surface area (Å²) in [5.41, 5.74) is 0.612. The van der Waals surface area contributed by atoms with Crippen molar-refractivity contribution in [2.45, 2.75) is 12.7 Å². The number of ether oxygens (including phenoxy) is 1. The summed E-state index contributed by atoms with van der Waals surface area (Å²) < 4.78 is 41.5. The quantitative estimate of drug-likeness (QED) is 0.561. The van der Waals surface area contributed by atoms with E-state index < -0.39 is 18.8 Å². The van der Waals surface area contributed by atoms with Crippen molar-refractivity contribution in [3.05, 3.63) is 58.7 Å². The second kappa shape index (κ2) is 10.5. The van der Waals surface area contributed by atoms with Crippen molar-refractivity contribution < 1.29 is 27.5 Å². The van der Waals surface area contributed by atoms with Gasteiger partial charge in [0.25, 0.3) is 5.91 Å². The molecule has 0 aliphatic heterocycles. The molecule has 0 unspecified atom stereocenters. The number of hydrogen-bond donors (Lipinski definition) is 3. The van der Waals surface area contributed by atoms with Crippen molar-refractivity contribution >= 4 is 23.5 Å². The summed E-state index contributed by atoms with van der Waals surface area (Å²) >= 11 is 5.92. The van der Waals surface area contributed by atoms with Gasteiger partial charge in [0.15, 0.2) is 6.61 Å². The Morgan fingerprint density at radius 3 is 2.48 bits per heavy atom. The van der Waals surface area contributed by atoms with Crippen LogP contribution in [0.5, 0.6) is 5.88 Å². The molecule has 0 saturated heterocycles. The molecule has 0 bridgehead atoms. The number of benzene rings is 1. The highest BCUT2D eigenvalue weighted by Crippen LogP contribution is 2.19. The van der Waals surface area contributed by atoms with Crippen LogP contribution in [0.25, 0.3) is 0 Å². The summed E-state index contributed by atoms with van der Waals surface area (Å²) in [6.07, 6.45) is -3.20. The van der Waals surface area contributed by atoms with Gasteiger partial charge in [-0.1, -0.05) is 29.8 Å². The van der Waals surface area contributed by atoms with E-state index in [1.165, 1.54) is 18.3 Å². The lowest BCUT2D eigenvalue weighted by atomic mass is 10.2. The van der Waals surface area contributed by atoms with Gasteiger partial charge in [-0.2, -0.15) is 13.2 Å². The second-order valence-electron chi connectivity index (χ2n) is 5.72. The molecule has 0 aliphatic rings. The molecular weight excluding hydrogens is 413 g/mol. The minimum Gasteiger partial charge on any atom is -0.468 e. The Hall–Kier alpha value is -3.01. The fraction of sp³-hybridized carbons (Fsp3) is 0.278. The number of urea groups is 1. The summed E-state index contributed by atoms with van der Waals surface area (Å²) in [5.74, 6) is -0.586. The maximum atomic E-state index is 12.3. The van der Waals surface area contributed by atoms with Crippen LogP contribution in [0, 0.1) is 0 Å². The van der Waals surface area contributed by atoms with Crippen LogP contribution < -0.4 is 20.7 Å². The van der Waals surface area contributed by atoms with Crippen LogP contribution in [-0.2, 0) is 6.54 Å². The molecule has 7 nitrogen and oxygen atoms in total. The number of pyridine rings is 1. The van der Waals surface area contributed by atoms with E-state index in [0.717, 1.165) is 0 Å². The number of alkyl halides is 3. The largest absolute Gasteiger partial charge is 0.468 e. The number of nitrogens with zero attached hydrogens (tertiary/aromatic N) is 1. The van der Waals surface area contributed by atoms with Gasteiger partial charge in [-0.25, -0.2) is 9.78 Å². The van der Waals surface area contributed by atoms with Crippen molar-refractivity contribution in [2.24, 2.45) is 0 Å². The van der Waals surface area contributed by atoms with Gasteiger partial charge in [0.2, 0.25) is 5.88 Å². The fourth-order valence-electron chi connectivity index (χ4n) is 2.17. The predicted molar refractivity (Wildman–Crippen MR) is 99.8 cm³/mol. The lowest BCUT2D eigenvalue weighted by Gasteiger charge is -2.13. The number of carbonyl (C=O) groups excluding carboxylic acids is 2. The molecule has 2 aromatic rings. The first kappa shape index (κ1) is 22.3. The molecule has 0 radical (unpaired) electrons. The number of rotatable bonds is 8. The highest BCUT2D eigenvalue weighted by Gasteiger charge is 2.29. The van der Waals surface area contributed by atoms with Crippen LogP contribution in [0.3, 0.4) is 0 Å². The molecule has 156 valence electrons. The number of amides is 3. The van der Waals surface area contributed by atoms with Crippen LogP contribution in [0.4, 0.5) is 18.0 Å². The molecule has 29 heavy (non-hydrogen) atoms. The molecule has 3 N–H and O–H groups in total. The van der Waals surface area contributed by atoms with Gasteiger partial charge in [-0.15, -0.1) is 0 Å². The van der Waals surface area contributed by atoms with Gasteiger partial charge in [0.05, 0.1) is 10.6 Å². The second-order valence-corrected chi connectivity index (χ2v) is 6.12. The van der Waals surface area contributed by atoms with Gasteiger partial charge in [-0.05, 0) is 18.2 Å². The third-order valence-electron chi connectivity index (χ3n) is 3.48. The molecule has 2 rings (SSSR count). The molecule has 0 spiro atoms.